The Morgan fingerprint density at radius 2 is 1.77 bits per heavy atom. The van der Waals surface area contributed by atoms with Crippen LogP contribution in [-0.4, -0.2) is 43.6 Å². The molecule has 0 radical (unpaired) electrons. The Hall–Kier alpha value is -3.23. The molecule has 1 aliphatic heterocycles. The molecule has 31 heavy (non-hydrogen) atoms. The lowest BCUT2D eigenvalue weighted by atomic mass is 10.1. The maximum absolute atomic E-state index is 12.1. The highest BCUT2D eigenvalue weighted by Gasteiger charge is 2.33. The van der Waals surface area contributed by atoms with Crippen LogP contribution < -0.4 is 15.5 Å². The van der Waals surface area contributed by atoms with E-state index in [0.29, 0.717) is 19.0 Å². The molecule has 0 aromatic heterocycles. The molecule has 1 saturated heterocycles. The highest BCUT2D eigenvalue weighted by atomic mass is 16.7. The zero-order valence-electron chi connectivity index (χ0n) is 17.7. The molecule has 2 aromatic carbocycles. The minimum atomic E-state index is -0.885. The molecule has 1 atom stereocenters. The first-order valence-electron chi connectivity index (χ1n) is 10.1. The van der Waals surface area contributed by atoms with Gasteiger partial charge in [0.15, 0.2) is 12.4 Å². The summed E-state index contributed by atoms with van der Waals surface area (Å²) in [6.07, 6.45) is 1.59. The Morgan fingerprint density at radius 1 is 1.10 bits per heavy atom. The van der Waals surface area contributed by atoms with E-state index in [2.05, 4.69) is 15.8 Å². The molecule has 8 nitrogen and oxygen atoms in total. The second-order valence-electron chi connectivity index (χ2n) is 7.36. The molecule has 164 valence electrons. The van der Waals surface area contributed by atoms with Crippen molar-refractivity contribution in [2.24, 2.45) is 5.10 Å². The lowest BCUT2D eigenvalue weighted by Crippen LogP contribution is -2.33. The maximum atomic E-state index is 12.1. The van der Waals surface area contributed by atoms with E-state index in [-0.39, 0.29) is 30.9 Å². The van der Waals surface area contributed by atoms with E-state index in [1.165, 1.54) is 6.21 Å². The van der Waals surface area contributed by atoms with Gasteiger partial charge in [0.1, 0.15) is 5.75 Å². The van der Waals surface area contributed by atoms with Gasteiger partial charge in [0.25, 0.3) is 5.91 Å². The Bertz CT molecular complexity index is 893. The first-order valence-corrected chi connectivity index (χ1v) is 10.1. The molecule has 3 rings (SSSR count). The van der Waals surface area contributed by atoms with E-state index in [9.17, 15) is 9.59 Å². The van der Waals surface area contributed by atoms with Gasteiger partial charge in [-0.25, -0.2) is 5.43 Å². The third-order valence-corrected chi connectivity index (χ3v) is 4.71. The summed E-state index contributed by atoms with van der Waals surface area (Å²) in [6, 6.07) is 16.7. The molecular formula is C23H27N3O5. The molecule has 0 saturated carbocycles. The minimum Gasteiger partial charge on any atom is -0.484 e. The summed E-state index contributed by atoms with van der Waals surface area (Å²) < 4.78 is 16.3. The standard InChI is InChI=1S/C23H27N3O5/c1-17(19-6-4-3-5-7-19)25-22(28)16-29-20-10-8-18(9-11-20)15-24-26-21(27)14-23(2)30-12-13-31-23/h3-11,15,17H,12-14,16H2,1-2H3,(H,25,28)(H,26,27)/b24-15-/t17-/m0/s1. The van der Waals surface area contributed by atoms with Crippen LogP contribution in [0, 0.1) is 0 Å². The van der Waals surface area contributed by atoms with E-state index in [0.717, 1.165) is 11.1 Å². The summed E-state index contributed by atoms with van der Waals surface area (Å²) in [5.74, 6) is -0.818. The van der Waals surface area contributed by atoms with Crippen molar-refractivity contribution in [1.29, 1.82) is 0 Å². The van der Waals surface area contributed by atoms with Crippen LogP contribution >= 0.6 is 0 Å². The predicted octanol–water partition coefficient (Wildman–Crippen LogP) is 2.55. The first kappa shape index (κ1) is 22.5. The van der Waals surface area contributed by atoms with Crippen molar-refractivity contribution < 1.29 is 23.8 Å². The second-order valence-corrected chi connectivity index (χ2v) is 7.36. The molecule has 1 heterocycles. The Morgan fingerprint density at radius 3 is 2.45 bits per heavy atom. The maximum Gasteiger partial charge on any atom is 0.258 e. The normalized spacial score (nSPS) is 16.1. The van der Waals surface area contributed by atoms with Crippen LogP contribution in [0.4, 0.5) is 0 Å². The van der Waals surface area contributed by atoms with Gasteiger partial charge in [-0.2, -0.15) is 5.10 Å². The van der Waals surface area contributed by atoms with E-state index in [4.69, 9.17) is 14.2 Å². The fourth-order valence-corrected chi connectivity index (χ4v) is 3.08. The van der Waals surface area contributed by atoms with Gasteiger partial charge in [-0.15, -0.1) is 0 Å². The average molecular weight is 425 g/mol. The van der Waals surface area contributed by atoms with Gasteiger partial charge in [0, 0.05) is 0 Å². The average Bonchev–Trinajstić information content (AvgIpc) is 3.19. The van der Waals surface area contributed by atoms with Crippen LogP contribution in [0.3, 0.4) is 0 Å². The first-order chi connectivity index (χ1) is 14.9. The van der Waals surface area contributed by atoms with Crippen LogP contribution in [0.15, 0.2) is 59.7 Å². The summed E-state index contributed by atoms with van der Waals surface area (Å²) in [4.78, 5) is 24.0. The highest BCUT2D eigenvalue weighted by molar-refractivity contribution is 5.83. The van der Waals surface area contributed by atoms with Crippen LogP contribution in [0.5, 0.6) is 5.75 Å². The molecule has 8 heteroatoms. The van der Waals surface area contributed by atoms with Crippen molar-refractivity contribution in [3.63, 3.8) is 0 Å². The molecular weight excluding hydrogens is 398 g/mol. The number of hydrogen-bond acceptors (Lipinski definition) is 6. The van der Waals surface area contributed by atoms with Gasteiger partial charge in [-0.05, 0) is 49.2 Å². The highest BCUT2D eigenvalue weighted by Crippen LogP contribution is 2.22. The fraction of sp³-hybridized carbons (Fsp3) is 0.348. The Balaban J connectivity index is 1.40. The third-order valence-electron chi connectivity index (χ3n) is 4.71. The lowest BCUT2D eigenvalue weighted by Gasteiger charge is -2.20. The van der Waals surface area contributed by atoms with Crippen molar-refractivity contribution in [3.05, 3.63) is 65.7 Å². The summed E-state index contributed by atoms with van der Waals surface area (Å²) in [5, 5.41) is 6.84. The zero-order valence-corrected chi connectivity index (χ0v) is 17.7. The predicted molar refractivity (Wildman–Crippen MR) is 116 cm³/mol. The largest absolute Gasteiger partial charge is 0.484 e. The molecule has 2 N–H and O–H groups in total. The number of rotatable bonds is 9. The van der Waals surface area contributed by atoms with Crippen molar-refractivity contribution in [1.82, 2.24) is 10.7 Å². The Kier molecular flexibility index (Phi) is 7.75. The quantitative estimate of drug-likeness (QED) is 0.475. The molecule has 2 amide bonds. The smallest absolute Gasteiger partial charge is 0.258 e. The summed E-state index contributed by atoms with van der Waals surface area (Å²) in [7, 11) is 0. The van der Waals surface area contributed by atoms with Gasteiger partial charge in [-0.3, -0.25) is 9.59 Å². The Labute approximate surface area is 181 Å². The van der Waals surface area contributed by atoms with Crippen molar-refractivity contribution >= 4 is 18.0 Å². The summed E-state index contributed by atoms with van der Waals surface area (Å²) in [6.45, 7) is 4.53. The molecule has 0 spiro atoms. The van der Waals surface area contributed by atoms with Gasteiger partial charge < -0.3 is 19.5 Å². The van der Waals surface area contributed by atoms with Crippen LogP contribution in [0.2, 0.25) is 0 Å². The number of hydrogen-bond donors (Lipinski definition) is 2. The number of benzene rings is 2. The van der Waals surface area contributed by atoms with E-state index in [1.54, 1.807) is 31.2 Å². The van der Waals surface area contributed by atoms with Gasteiger partial charge >= 0.3 is 0 Å². The molecule has 0 aliphatic carbocycles. The number of ether oxygens (including phenoxy) is 3. The molecule has 0 bridgehead atoms. The number of nitrogens with one attached hydrogen (secondary N) is 2. The number of amides is 2. The summed E-state index contributed by atoms with van der Waals surface area (Å²) >= 11 is 0. The van der Waals surface area contributed by atoms with Crippen LogP contribution in [0.1, 0.15) is 37.4 Å². The molecule has 2 aromatic rings. The van der Waals surface area contributed by atoms with E-state index in [1.807, 2.05) is 37.3 Å². The molecule has 1 fully saturated rings. The van der Waals surface area contributed by atoms with Gasteiger partial charge in [-0.1, -0.05) is 30.3 Å². The lowest BCUT2D eigenvalue weighted by molar-refractivity contribution is -0.159. The zero-order chi connectivity index (χ0) is 22.1. The van der Waals surface area contributed by atoms with Crippen LogP contribution in [-0.2, 0) is 19.1 Å². The van der Waals surface area contributed by atoms with Crippen LogP contribution in [0.25, 0.3) is 0 Å². The minimum absolute atomic E-state index is 0.0715. The fourth-order valence-electron chi connectivity index (χ4n) is 3.08. The third kappa shape index (κ3) is 7.20. The number of carbonyl (C=O) groups is 2. The topological polar surface area (TPSA) is 98.2 Å². The van der Waals surface area contributed by atoms with Crippen molar-refractivity contribution in [2.45, 2.75) is 32.1 Å². The second kappa shape index (κ2) is 10.7. The van der Waals surface area contributed by atoms with Gasteiger partial charge in [0.05, 0.1) is 31.9 Å². The monoisotopic (exact) mass is 425 g/mol. The molecule has 0 unspecified atom stereocenters. The van der Waals surface area contributed by atoms with Gasteiger partial charge in [0.2, 0.25) is 5.91 Å². The number of nitrogens with zero attached hydrogens (tertiary/aromatic N) is 1. The van der Waals surface area contributed by atoms with Crippen molar-refractivity contribution in [3.8, 4) is 5.75 Å². The van der Waals surface area contributed by atoms with E-state index < -0.39 is 5.79 Å². The van der Waals surface area contributed by atoms with Crippen molar-refractivity contribution in [2.75, 3.05) is 19.8 Å². The number of hydrazone groups is 1. The SMILES string of the molecule is C[C@H](NC(=O)COc1ccc(/C=N\NC(=O)CC2(C)OCCO2)cc1)c1ccccc1. The molecule has 1 aliphatic rings. The summed E-state index contributed by atoms with van der Waals surface area (Å²) in [5.41, 5.74) is 4.26. The van der Waals surface area contributed by atoms with E-state index >= 15 is 0 Å². The number of carbonyl (C=O) groups excluding carboxylic acids is 2.